The fourth-order valence-corrected chi connectivity index (χ4v) is 3.68. The van der Waals surface area contributed by atoms with Gasteiger partial charge in [0.1, 0.15) is 17.4 Å². The minimum Gasteiger partial charge on any atom is -0.483 e. The molecular weight excluding hydrogens is 462 g/mol. The van der Waals surface area contributed by atoms with Gasteiger partial charge in [-0.3, -0.25) is 9.59 Å². The van der Waals surface area contributed by atoms with E-state index >= 15 is 0 Å². The Morgan fingerprint density at radius 3 is 2.09 bits per heavy atom. The number of hydrogen-bond acceptors (Lipinski definition) is 4. The molecule has 0 heterocycles. The summed E-state index contributed by atoms with van der Waals surface area (Å²) in [6.07, 6.45) is 1.39. The lowest BCUT2D eigenvalue weighted by atomic mass is 10.1. The Hall–Kier alpha value is -4.08. The Bertz CT molecular complexity index is 1360. The molecule has 0 aliphatic carbocycles. The molecule has 178 valence electrons. The molecule has 0 fully saturated rings. The Morgan fingerprint density at radius 1 is 0.914 bits per heavy atom. The molecular formula is C28H26ClN3O3. The molecule has 2 amide bonds. The van der Waals surface area contributed by atoms with E-state index in [9.17, 15) is 14.9 Å². The van der Waals surface area contributed by atoms with E-state index in [0.29, 0.717) is 27.7 Å². The van der Waals surface area contributed by atoms with Crippen molar-refractivity contribution in [3.63, 3.8) is 0 Å². The average molecular weight is 488 g/mol. The maximum atomic E-state index is 12.8. The van der Waals surface area contributed by atoms with Gasteiger partial charge in [-0.25, -0.2) is 0 Å². The standard InChI is InChI=1S/C28H26ClN3O3/c1-17-5-8-24(19(3)11-17)31-27(33)16-35-26-10-7-23(29)14-21(26)13-22(15-30)28(34)32-25-9-6-18(2)12-20(25)4/h5-14H,16H2,1-4H3,(H,31,33)(H,32,34)/b22-13+. The van der Waals surface area contributed by atoms with Gasteiger partial charge in [-0.15, -0.1) is 0 Å². The number of aryl methyl sites for hydroxylation is 4. The Balaban J connectivity index is 1.76. The molecule has 0 aliphatic heterocycles. The van der Waals surface area contributed by atoms with Crippen molar-refractivity contribution in [3.05, 3.63) is 93.0 Å². The number of anilines is 2. The van der Waals surface area contributed by atoms with Crippen molar-refractivity contribution >= 4 is 40.9 Å². The number of nitriles is 1. The summed E-state index contributed by atoms with van der Waals surface area (Å²) in [6, 6.07) is 18.0. The van der Waals surface area contributed by atoms with Crippen LogP contribution in [0.3, 0.4) is 0 Å². The molecule has 7 heteroatoms. The highest BCUT2D eigenvalue weighted by Gasteiger charge is 2.14. The van der Waals surface area contributed by atoms with E-state index in [1.165, 1.54) is 6.08 Å². The monoisotopic (exact) mass is 487 g/mol. The van der Waals surface area contributed by atoms with Crippen molar-refractivity contribution < 1.29 is 14.3 Å². The zero-order valence-electron chi connectivity index (χ0n) is 20.0. The van der Waals surface area contributed by atoms with E-state index in [-0.39, 0.29) is 18.1 Å². The minimum absolute atomic E-state index is 0.128. The van der Waals surface area contributed by atoms with Gasteiger partial charge in [-0.1, -0.05) is 47.0 Å². The van der Waals surface area contributed by atoms with E-state index < -0.39 is 5.91 Å². The van der Waals surface area contributed by atoms with Crippen LogP contribution >= 0.6 is 11.6 Å². The number of nitrogens with zero attached hydrogens (tertiary/aromatic N) is 1. The SMILES string of the molecule is Cc1ccc(NC(=O)COc2ccc(Cl)cc2/C=C(\C#N)C(=O)Nc2ccc(C)cc2C)c(C)c1. The number of halogens is 1. The summed E-state index contributed by atoms with van der Waals surface area (Å²) in [5.41, 5.74) is 5.60. The number of carbonyl (C=O) groups excluding carboxylic acids is 2. The first kappa shape index (κ1) is 25.5. The zero-order chi connectivity index (χ0) is 25.5. The largest absolute Gasteiger partial charge is 0.483 e. The van der Waals surface area contributed by atoms with Crippen LogP contribution in [-0.2, 0) is 9.59 Å². The molecule has 0 radical (unpaired) electrons. The second-order valence-corrected chi connectivity index (χ2v) is 8.72. The molecule has 0 saturated heterocycles. The number of ether oxygens (including phenoxy) is 1. The van der Waals surface area contributed by atoms with Crippen molar-refractivity contribution in [2.24, 2.45) is 0 Å². The Morgan fingerprint density at radius 2 is 1.51 bits per heavy atom. The summed E-state index contributed by atoms with van der Waals surface area (Å²) < 4.78 is 5.71. The normalized spacial score (nSPS) is 10.9. The number of carbonyl (C=O) groups is 2. The second kappa shape index (κ2) is 11.4. The summed E-state index contributed by atoms with van der Waals surface area (Å²) in [5, 5.41) is 15.6. The Labute approximate surface area is 210 Å². The van der Waals surface area contributed by atoms with Crippen molar-refractivity contribution in [3.8, 4) is 11.8 Å². The van der Waals surface area contributed by atoms with E-state index in [0.717, 1.165) is 22.3 Å². The van der Waals surface area contributed by atoms with Crippen molar-refractivity contribution in [2.45, 2.75) is 27.7 Å². The highest BCUT2D eigenvalue weighted by molar-refractivity contribution is 6.30. The maximum Gasteiger partial charge on any atom is 0.266 e. The summed E-state index contributed by atoms with van der Waals surface area (Å²) in [7, 11) is 0. The third-order valence-corrected chi connectivity index (χ3v) is 5.52. The summed E-state index contributed by atoms with van der Waals surface area (Å²) in [4.78, 5) is 25.2. The fraction of sp³-hybridized carbons (Fsp3) is 0.179. The molecule has 0 aromatic heterocycles. The third-order valence-electron chi connectivity index (χ3n) is 5.28. The van der Waals surface area contributed by atoms with Gasteiger partial charge in [0.2, 0.25) is 0 Å². The van der Waals surface area contributed by atoms with Gasteiger partial charge < -0.3 is 15.4 Å². The summed E-state index contributed by atoms with van der Waals surface area (Å²) in [6.45, 7) is 7.48. The predicted octanol–water partition coefficient (Wildman–Crippen LogP) is 6.14. The number of amides is 2. The van der Waals surface area contributed by atoms with Gasteiger partial charge in [0.05, 0.1) is 0 Å². The topological polar surface area (TPSA) is 91.2 Å². The zero-order valence-corrected chi connectivity index (χ0v) is 20.8. The molecule has 3 aromatic rings. The van der Waals surface area contributed by atoms with Gasteiger partial charge in [-0.2, -0.15) is 5.26 Å². The summed E-state index contributed by atoms with van der Waals surface area (Å²) >= 11 is 6.14. The smallest absolute Gasteiger partial charge is 0.266 e. The highest BCUT2D eigenvalue weighted by atomic mass is 35.5. The van der Waals surface area contributed by atoms with E-state index in [4.69, 9.17) is 16.3 Å². The van der Waals surface area contributed by atoms with Crippen LogP contribution in [0.25, 0.3) is 6.08 Å². The lowest BCUT2D eigenvalue weighted by Gasteiger charge is -2.12. The third kappa shape index (κ3) is 6.95. The van der Waals surface area contributed by atoms with Crippen molar-refractivity contribution in [2.75, 3.05) is 17.2 Å². The Kier molecular flexibility index (Phi) is 8.30. The van der Waals surface area contributed by atoms with Crippen LogP contribution < -0.4 is 15.4 Å². The van der Waals surface area contributed by atoms with Crippen LogP contribution in [0, 0.1) is 39.0 Å². The molecule has 3 aromatic carbocycles. The van der Waals surface area contributed by atoms with Gasteiger partial charge in [0.15, 0.2) is 6.61 Å². The van der Waals surface area contributed by atoms with Crippen LogP contribution in [0.4, 0.5) is 11.4 Å². The molecule has 35 heavy (non-hydrogen) atoms. The number of benzene rings is 3. The molecule has 0 aliphatic rings. The van der Waals surface area contributed by atoms with Crippen molar-refractivity contribution in [1.82, 2.24) is 0 Å². The lowest BCUT2D eigenvalue weighted by Crippen LogP contribution is -2.21. The molecule has 0 bridgehead atoms. The fourth-order valence-electron chi connectivity index (χ4n) is 3.49. The molecule has 3 rings (SSSR count). The minimum atomic E-state index is -0.557. The molecule has 6 nitrogen and oxygen atoms in total. The molecule has 0 spiro atoms. The van der Waals surface area contributed by atoms with E-state index in [2.05, 4.69) is 10.6 Å². The van der Waals surface area contributed by atoms with E-state index in [1.54, 1.807) is 24.3 Å². The lowest BCUT2D eigenvalue weighted by molar-refractivity contribution is -0.118. The number of rotatable bonds is 7. The van der Waals surface area contributed by atoms with Crippen LogP contribution in [0.5, 0.6) is 5.75 Å². The average Bonchev–Trinajstić information content (AvgIpc) is 2.80. The maximum absolute atomic E-state index is 12.8. The molecule has 2 N–H and O–H groups in total. The van der Waals surface area contributed by atoms with Crippen LogP contribution in [0.2, 0.25) is 5.02 Å². The van der Waals surface area contributed by atoms with Gasteiger partial charge >= 0.3 is 0 Å². The van der Waals surface area contributed by atoms with Crippen LogP contribution in [-0.4, -0.2) is 18.4 Å². The van der Waals surface area contributed by atoms with Gasteiger partial charge in [-0.05, 0) is 75.2 Å². The quantitative estimate of drug-likeness (QED) is 0.309. The first-order valence-electron chi connectivity index (χ1n) is 11.0. The first-order valence-corrected chi connectivity index (χ1v) is 11.3. The predicted molar refractivity (Wildman–Crippen MR) is 140 cm³/mol. The van der Waals surface area contributed by atoms with Crippen LogP contribution in [0.15, 0.2) is 60.2 Å². The molecule has 0 atom stereocenters. The number of hydrogen-bond donors (Lipinski definition) is 2. The molecule has 0 unspecified atom stereocenters. The first-order chi connectivity index (χ1) is 16.7. The van der Waals surface area contributed by atoms with Gasteiger partial charge in [0, 0.05) is 22.0 Å². The number of nitrogens with one attached hydrogen (secondary N) is 2. The van der Waals surface area contributed by atoms with Crippen LogP contribution in [0.1, 0.15) is 27.8 Å². The van der Waals surface area contributed by atoms with Gasteiger partial charge in [0.25, 0.3) is 11.8 Å². The molecule has 0 saturated carbocycles. The summed E-state index contributed by atoms with van der Waals surface area (Å²) in [5.74, 6) is -0.579. The van der Waals surface area contributed by atoms with E-state index in [1.807, 2.05) is 64.1 Å². The second-order valence-electron chi connectivity index (χ2n) is 8.28. The highest BCUT2D eigenvalue weighted by Crippen LogP contribution is 2.26. The van der Waals surface area contributed by atoms with Crippen molar-refractivity contribution in [1.29, 1.82) is 5.26 Å².